The molecule has 0 spiro atoms. The van der Waals surface area contributed by atoms with Crippen LogP contribution in [-0.4, -0.2) is 18.7 Å². The van der Waals surface area contributed by atoms with Crippen molar-refractivity contribution in [3.63, 3.8) is 0 Å². The number of benzene rings is 2. The van der Waals surface area contributed by atoms with Crippen molar-refractivity contribution in [2.75, 3.05) is 6.61 Å². The van der Waals surface area contributed by atoms with Gasteiger partial charge in [0.25, 0.3) is 0 Å². The molecular formula is C20H20FNO4. The molecule has 0 radical (unpaired) electrons. The van der Waals surface area contributed by atoms with Crippen molar-refractivity contribution in [3.8, 4) is 17.2 Å². The lowest BCUT2D eigenvalue weighted by Crippen LogP contribution is -2.26. The van der Waals surface area contributed by atoms with Gasteiger partial charge in [0.1, 0.15) is 11.5 Å². The normalized spacial score (nSPS) is 11.3. The van der Waals surface area contributed by atoms with Gasteiger partial charge in [-0.25, -0.2) is 14.0 Å². The Morgan fingerprint density at radius 3 is 2.50 bits per heavy atom. The number of nitrogens with zero attached hydrogens (tertiary/aromatic N) is 1. The van der Waals surface area contributed by atoms with Crippen LogP contribution in [0.3, 0.4) is 0 Å². The van der Waals surface area contributed by atoms with Crippen molar-refractivity contribution in [2.24, 2.45) is 0 Å². The van der Waals surface area contributed by atoms with Gasteiger partial charge in [0.2, 0.25) is 0 Å². The first-order chi connectivity index (χ1) is 12.5. The second-order valence-electron chi connectivity index (χ2n) is 5.58. The van der Waals surface area contributed by atoms with E-state index in [0.29, 0.717) is 18.1 Å². The van der Waals surface area contributed by atoms with Gasteiger partial charge >= 0.3 is 5.97 Å². The van der Waals surface area contributed by atoms with Crippen molar-refractivity contribution in [1.82, 2.24) is 0 Å². The third kappa shape index (κ3) is 5.49. The maximum atomic E-state index is 13.8. The van der Waals surface area contributed by atoms with E-state index in [0.717, 1.165) is 18.9 Å². The zero-order chi connectivity index (χ0) is 18.9. The molecule has 2 aromatic rings. The van der Waals surface area contributed by atoms with E-state index in [4.69, 9.17) is 20.8 Å². The Morgan fingerprint density at radius 1 is 1.19 bits per heavy atom. The predicted molar refractivity (Wildman–Crippen MR) is 95.1 cm³/mol. The number of esters is 1. The number of ether oxygens (including phenoxy) is 3. The third-order valence-corrected chi connectivity index (χ3v) is 3.48. The van der Waals surface area contributed by atoms with E-state index >= 15 is 0 Å². The van der Waals surface area contributed by atoms with Crippen molar-refractivity contribution in [2.45, 2.75) is 32.8 Å². The summed E-state index contributed by atoms with van der Waals surface area (Å²) in [4.78, 5) is 14.9. The lowest BCUT2D eigenvalue weighted by atomic mass is 10.3. The highest BCUT2D eigenvalue weighted by Crippen LogP contribution is 2.29. The molecule has 0 N–H and O–H groups in total. The molecule has 1 atom stereocenters. The molecule has 0 unspecified atom stereocenters. The minimum Gasteiger partial charge on any atom is -0.479 e. The number of carbonyl (C=O) groups is 1. The molecule has 0 aliphatic carbocycles. The zero-order valence-corrected chi connectivity index (χ0v) is 14.7. The first-order valence-electron chi connectivity index (χ1n) is 8.31. The lowest BCUT2D eigenvalue weighted by molar-refractivity contribution is -0.151. The van der Waals surface area contributed by atoms with E-state index in [1.165, 1.54) is 12.1 Å². The van der Waals surface area contributed by atoms with E-state index < -0.39 is 17.9 Å². The summed E-state index contributed by atoms with van der Waals surface area (Å²) in [5, 5.41) is 0. The summed E-state index contributed by atoms with van der Waals surface area (Å²) in [7, 11) is 0. The number of unbranched alkanes of at least 4 members (excludes halogenated alkanes) is 1. The smallest absolute Gasteiger partial charge is 0.347 e. The third-order valence-electron chi connectivity index (χ3n) is 3.48. The summed E-state index contributed by atoms with van der Waals surface area (Å²) in [6.45, 7) is 10.9. The van der Waals surface area contributed by atoms with Crippen LogP contribution >= 0.6 is 0 Å². The SMILES string of the molecule is [C-]#[N+]c1ccc(Oc2ccc(O[C@H](C)C(=O)OCCCC)cc2)c(F)c1. The van der Waals surface area contributed by atoms with Crippen LogP contribution in [-0.2, 0) is 9.53 Å². The van der Waals surface area contributed by atoms with Gasteiger partial charge in [-0.1, -0.05) is 19.4 Å². The molecule has 0 amide bonds. The Kier molecular flexibility index (Phi) is 6.98. The highest BCUT2D eigenvalue weighted by Gasteiger charge is 2.16. The number of hydrogen-bond donors (Lipinski definition) is 0. The van der Waals surface area contributed by atoms with Crippen molar-refractivity contribution in [3.05, 3.63) is 59.7 Å². The first-order valence-corrected chi connectivity index (χ1v) is 8.31. The fourth-order valence-electron chi connectivity index (χ4n) is 2.04. The summed E-state index contributed by atoms with van der Waals surface area (Å²) in [5.74, 6) is -0.118. The van der Waals surface area contributed by atoms with Crippen LogP contribution in [0.2, 0.25) is 0 Å². The predicted octanol–water partition coefficient (Wildman–Crippen LogP) is 5.28. The van der Waals surface area contributed by atoms with Gasteiger partial charge < -0.3 is 14.2 Å². The summed E-state index contributed by atoms with van der Waals surface area (Å²) in [6.07, 6.45) is 1.04. The fourth-order valence-corrected chi connectivity index (χ4v) is 2.04. The molecule has 0 fully saturated rings. The number of halogens is 1. The minimum atomic E-state index is -0.725. The van der Waals surface area contributed by atoms with E-state index in [1.54, 1.807) is 31.2 Å². The van der Waals surface area contributed by atoms with Gasteiger partial charge in [-0.05, 0) is 49.7 Å². The van der Waals surface area contributed by atoms with Crippen LogP contribution in [0, 0.1) is 12.4 Å². The largest absolute Gasteiger partial charge is 0.479 e. The number of rotatable bonds is 8. The van der Waals surface area contributed by atoms with Crippen molar-refractivity contribution >= 4 is 11.7 Å². The molecule has 5 nitrogen and oxygen atoms in total. The average Bonchev–Trinajstić information content (AvgIpc) is 2.65. The standard InChI is InChI=1S/C20H20FNO4/c1-4-5-12-24-20(23)14(2)25-16-7-9-17(10-8-16)26-19-11-6-15(22-3)13-18(19)21/h6-11,13-14H,4-5,12H2,1-2H3/t14-/m1/s1. The molecule has 0 aliphatic heterocycles. The summed E-state index contributed by atoms with van der Waals surface area (Å²) >= 11 is 0. The Balaban J connectivity index is 1.94. The lowest BCUT2D eigenvalue weighted by Gasteiger charge is -2.14. The molecule has 2 aromatic carbocycles. The number of hydrogen-bond acceptors (Lipinski definition) is 4. The second kappa shape index (κ2) is 9.42. The summed E-state index contributed by atoms with van der Waals surface area (Å²) in [5.41, 5.74) is 0.207. The monoisotopic (exact) mass is 357 g/mol. The van der Waals surface area contributed by atoms with Crippen LogP contribution in [0.1, 0.15) is 26.7 Å². The Morgan fingerprint density at radius 2 is 1.88 bits per heavy atom. The van der Waals surface area contributed by atoms with Gasteiger partial charge in [0.15, 0.2) is 23.4 Å². The van der Waals surface area contributed by atoms with Gasteiger partial charge in [0, 0.05) is 0 Å². The summed E-state index contributed by atoms with van der Waals surface area (Å²) in [6, 6.07) is 10.5. The molecule has 0 bridgehead atoms. The van der Waals surface area contributed by atoms with E-state index in [-0.39, 0.29) is 11.4 Å². The number of carbonyl (C=O) groups excluding carboxylic acids is 1. The van der Waals surface area contributed by atoms with Gasteiger partial charge in [0.05, 0.1) is 13.2 Å². The highest BCUT2D eigenvalue weighted by atomic mass is 19.1. The molecule has 0 heterocycles. The van der Waals surface area contributed by atoms with Crippen molar-refractivity contribution in [1.29, 1.82) is 0 Å². The van der Waals surface area contributed by atoms with E-state index in [1.807, 2.05) is 6.92 Å². The fraction of sp³-hybridized carbons (Fsp3) is 0.300. The van der Waals surface area contributed by atoms with Crippen LogP contribution in [0.25, 0.3) is 4.85 Å². The quantitative estimate of drug-likeness (QED) is 0.366. The van der Waals surface area contributed by atoms with Crippen molar-refractivity contribution < 1.29 is 23.4 Å². The molecule has 0 aromatic heterocycles. The Bertz CT molecular complexity index is 783. The minimum absolute atomic E-state index is 0.0268. The molecule has 136 valence electrons. The second-order valence-corrected chi connectivity index (χ2v) is 5.58. The molecule has 0 aliphatic rings. The first kappa shape index (κ1) is 19.3. The van der Waals surface area contributed by atoms with Gasteiger partial charge in [-0.2, -0.15) is 0 Å². The Labute approximate surface area is 152 Å². The van der Waals surface area contributed by atoms with Crippen LogP contribution in [0.5, 0.6) is 17.2 Å². The van der Waals surface area contributed by atoms with Crippen LogP contribution < -0.4 is 9.47 Å². The van der Waals surface area contributed by atoms with E-state index in [2.05, 4.69) is 4.85 Å². The average molecular weight is 357 g/mol. The maximum absolute atomic E-state index is 13.8. The summed E-state index contributed by atoms with van der Waals surface area (Å²) < 4.78 is 29.9. The van der Waals surface area contributed by atoms with Crippen LogP contribution in [0.4, 0.5) is 10.1 Å². The topological polar surface area (TPSA) is 49.1 Å². The molecule has 2 rings (SSSR count). The van der Waals surface area contributed by atoms with Gasteiger partial charge in [-0.3, -0.25) is 0 Å². The maximum Gasteiger partial charge on any atom is 0.347 e. The van der Waals surface area contributed by atoms with E-state index in [9.17, 15) is 9.18 Å². The van der Waals surface area contributed by atoms with Crippen LogP contribution in [0.15, 0.2) is 42.5 Å². The molecule has 0 saturated heterocycles. The molecule has 0 saturated carbocycles. The molecule has 6 heteroatoms. The highest BCUT2D eigenvalue weighted by molar-refractivity contribution is 5.74. The van der Waals surface area contributed by atoms with Gasteiger partial charge in [-0.15, -0.1) is 0 Å². The zero-order valence-electron chi connectivity index (χ0n) is 14.7. The Hall–Kier alpha value is -3.07. The molecule has 26 heavy (non-hydrogen) atoms. The molecular weight excluding hydrogens is 337 g/mol.